The van der Waals surface area contributed by atoms with Crippen LogP contribution in [-0.2, 0) is 4.79 Å². The number of hydrogen-bond acceptors (Lipinski definition) is 5. The van der Waals surface area contributed by atoms with Crippen LogP contribution < -0.4 is 10.1 Å². The molecular weight excluding hydrogens is 416 g/mol. The lowest BCUT2D eigenvalue weighted by atomic mass is 10.2. The van der Waals surface area contributed by atoms with Gasteiger partial charge in [-0.25, -0.2) is 0 Å². The van der Waals surface area contributed by atoms with E-state index in [1.54, 1.807) is 13.4 Å². The smallest absolute Gasteiger partial charge is 0.234 e. The first-order valence-electron chi connectivity index (χ1n) is 7.80. The lowest BCUT2D eigenvalue weighted by Gasteiger charge is -2.11. The second-order valence-corrected chi connectivity index (χ2v) is 7.31. The molecule has 1 aromatic heterocycles. The number of aryl methyl sites for hydroxylation is 1. The monoisotopic (exact) mass is 432 g/mol. The van der Waals surface area contributed by atoms with Gasteiger partial charge in [0.2, 0.25) is 5.91 Å². The fourth-order valence-corrected chi connectivity index (χ4v) is 3.60. The summed E-state index contributed by atoms with van der Waals surface area (Å²) in [4.78, 5) is 12.3. The van der Waals surface area contributed by atoms with Crippen molar-refractivity contribution < 1.29 is 9.53 Å². The van der Waals surface area contributed by atoms with E-state index in [1.807, 2.05) is 54.0 Å². The maximum absolute atomic E-state index is 12.3. The summed E-state index contributed by atoms with van der Waals surface area (Å²) in [6.07, 6.45) is 1.61. The van der Waals surface area contributed by atoms with Crippen molar-refractivity contribution in [3.63, 3.8) is 0 Å². The number of nitrogens with zero attached hydrogens (tertiary/aromatic N) is 3. The summed E-state index contributed by atoms with van der Waals surface area (Å²) < 4.78 is 8.17. The second kappa shape index (κ2) is 8.37. The third-order valence-electron chi connectivity index (χ3n) is 3.66. The van der Waals surface area contributed by atoms with Crippen LogP contribution in [0, 0.1) is 6.92 Å². The second-order valence-electron chi connectivity index (χ2n) is 5.45. The molecule has 2 aromatic carbocycles. The number of carbonyl (C=O) groups excluding carboxylic acids is 1. The molecule has 3 rings (SSSR count). The molecule has 26 heavy (non-hydrogen) atoms. The van der Waals surface area contributed by atoms with Crippen molar-refractivity contribution in [1.29, 1.82) is 0 Å². The number of anilines is 1. The summed E-state index contributed by atoms with van der Waals surface area (Å²) in [5, 5.41) is 11.6. The van der Waals surface area contributed by atoms with E-state index in [2.05, 4.69) is 31.4 Å². The standard InChI is InChI=1S/C18H17BrN4O2S/c1-12-9-13(19)7-8-14(12)21-17(24)10-26-18-22-20-11-23(18)15-5-3-4-6-16(15)25-2/h3-9,11H,10H2,1-2H3,(H,21,24). The quantitative estimate of drug-likeness (QED) is 0.594. The van der Waals surface area contributed by atoms with Crippen molar-refractivity contribution in [3.05, 3.63) is 58.8 Å². The van der Waals surface area contributed by atoms with Crippen LogP contribution in [0.5, 0.6) is 5.75 Å². The number of rotatable bonds is 6. The maximum atomic E-state index is 12.3. The van der Waals surface area contributed by atoms with Crippen molar-refractivity contribution in [2.24, 2.45) is 0 Å². The molecule has 0 unspecified atom stereocenters. The first-order chi connectivity index (χ1) is 12.6. The lowest BCUT2D eigenvalue weighted by Crippen LogP contribution is -2.15. The third-order valence-corrected chi connectivity index (χ3v) is 5.09. The molecular formula is C18H17BrN4O2S. The van der Waals surface area contributed by atoms with Gasteiger partial charge in [0.05, 0.1) is 18.6 Å². The number of benzene rings is 2. The average molecular weight is 433 g/mol. The minimum absolute atomic E-state index is 0.102. The topological polar surface area (TPSA) is 69.0 Å². The summed E-state index contributed by atoms with van der Waals surface area (Å²) in [6, 6.07) is 13.3. The molecule has 0 saturated heterocycles. The lowest BCUT2D eigenvalue weighted by molar-refractivity contribution is -0.113. The molecule has 0 fully saturated rings. The van der Waals surface area contributed by atoms with Crippen LogP contribution in [0.1, 0.15) is 5.56 Å². The van der Waals surface area contributed by atoms with Crippen molar-refractivity contribution in [1.82, 2.24) is 14.8 Å². The van der Waals surface area contributed by atoms with Gasteiger partial charge in [-0.15, -0.1) is 10.2 Å². The van der Waals surface area contributed by atoms with Gasteiger partial charge >= 0.3 is 0 Å². The number of hydrogen-bond donors (Lipinski definition) is 1. The largest absolute Gasteiger partial charge is 0.495 e. The molecule has 1 heterocycles. The molecule has 1 amide bonds. The van der Waals surface area contributed by atoms with E-state index in [9.17, 15) is 4.79 Å². The Kier molecular flexibility index (Phi) is 5.95. The predicted octanol–water partition coefficient (Wildman–Crippen LogP) is 4.08. The zero-order valence-electron chi connectivity index (χ0n) is 14.3. The van der Waals surface area contributed by atoms with Crippen molar-refractivity contribution in [2.75, 3.05) is 18.2 Å². The molecule has 3 aromatic rings. The fraction of sp³-hybridized carbons (Fsp3) is 0.167. The molecule has 0 bridgehead atoms. The van der Waals surface area contributed by atoms with Crippen LogP contribution in [0.2, 0.25) is 0 Å². The number of aromatic nitrogens is 3. The molecule has 134 valence electrons. The summed E-state index contributed by atoms with van der Waals surface area (Å²) in [5.41, 5.74) is 2.62. The summed E-state index contributed by atoms with van der Waals surface area (Å²) in [6.45, 7) is 1.95. The van der Waals surface area contributed by atoms with E-state index in [1.165, 1.54) is 11.8 Å². The molecule has 8 heteroatoms. The van der Waals surface area contributed by atoms with Crippen LogP contribution in [0.4, 0.5) is 5.69 Å². The molecule has 0 atom stereocenters. The van der Waals surface area contributed by atoms with E-state index in [-0.39, 0.29) is 11.7 Å². The Balaban J connectivity index is 1.69. The highest BCUT2D eigenvalue weighted by molar-refractivity contribution is 9.10. The number of carbonyl (C=O) groups is 1. The van der Waals surface area contributed by atoms with E-state index in [0.717, 1.165) is 21.4 Å². The first-order valence-corrected chi connectivity index (χ1v) is 9.58. The van der Waals surface area contributed by atoms with Gasteiger partial charge in [0.1, 0.15) is 12.1 Å². The Hall–Kier alpha value is -2.32. The first kappa shape index (κ1) is 18.5. The number of methoxy groups -OCH3 is 1. The molecule has 0 saturated carbocycles. The van der Waals surface area contributed by atoms with Gasteiger partial charge in [0.25, 0.3) is 0 Å². The number of amides is 1. The Morgan fingerprint density at radius 2 is 2.12 bits per heavy atom. The number of nitrogens with one attached hydrogen (secondary N) is 1. The van der Waals surface area contributed by atoms with Crippen molar-refractivity contribution in [2.45, 2.75) is 12.1 Å². The van der Waals surface area contributed by atoms with Gasteiger partial charge in [-0.1, -0.05) is 39.8 Å². The number of para-hydroxylation sites is 2. The van der Waals surface area contributed by atoms with E-state index in [0.29, 0.717) is 10.9 Å². The van der Waals surface area contributed by atoms with Crippen molar-refractivity contribution >= 4 is 39.3 Å². The molecule has 0 spiro atoms. The van der Waals surface area contributed by atoms with Gasteiger partial charge in [-0.2, -0.15) is 0 Å². The molecule has 1 N–H and O–H groups in total. The molecule has 0 aliphatic rings. The zero-order chi connectivity index (χ0) is 18.5. The minimum Gasteiger partial charge on any atom is -0.495 e. The predicted molar refractivity (Wildman–Crippen MR) is 106 cm³/mol. The average Bonchev–Trinajstić information content (AvgIpc) is 3.10. The maximum Gasteiger partial charge on any atom is 0.234 e. The van der Waals surface area contributed by atoms with Crippen LogP contribution >= 0.6 is 27.7 Å². The SMILES string of the molecule is COc1ccccc1-n1cnnc1SCC(=O)Nc1ccc(Br)cc1C. The van der Waals surface area contributed by atoms with Crippen LogP contribution in [0.25, 0.3) is 5.69 Å². The molecule has 0 radical (unpaired) electrons. The third kappa shape index (κ3) is 4.25. The molecule has 6 nitrogen and oxygen atoms in total. The van der Waals surface area contributed by atoms with Gasteiger partial charge in [0, 0.05) is 10.2 Å². The van der Waals surface area contributed by atoms with Crippen molar-refractivity contribution in [3.8, 4) is 11.4 Å². The molecule has 0 aliphatic carbocycles. The highest BCUT2D eigenvalue weighted by Gasteiger charge is 2.13. The van der Waals surface area contributed by atoms with Crippen LogP contribution in [-0.4, -0.2) is 33.5 Å². The number of thioether (sulfide) groups is 1. The van der Waals surface area contributed by atoms with E-state index in [4.69, 9.17) is 4.74 Å². The van der Waals surface area contributed by atoms with E-state index < -0.39 is 0 Å². The Bertz CT molecular complexity index is 929. The van der Waals surface area contributed by atoms with Crippen LogP contribution in [0.15, 0.2) is 58.4 Å². The Morgan fingerprint density at radius 1 is 1.31 bits per heavy atom. The number of halogens is 1. The summed E-state index contributed by atoms with van der Waals surface area (Å²) >= 11 is 4.73. The van der Waals surface area contributed by atoms with Gasteiger partial charge in [-0.05, 0) is 42.8 Å². The number of ether oxygens (including phenoxy) is 1. The Labute approximate surface area is 164 Å². The van der Waals surface area contributed by atoms with E-state index >= 15 is 0 Å². The summed E-state index contributed by atoms with van der Waals surface area (Å²) in [5.74, 6) is 0.836. The van der Waals surface area contributed by atoms with Gasteiger partial charge < -0.3 is 10.1 Å². The summed E-state index contributed by atoms with van der Waals surface area (Å²) in [7, 11) is 1.62. The van der Waals surface area contributed by atoms with Gasteiger partial charge in [0.15, 0.2) is 5.16 Å². The minimum atomic E-state index is -0.102. The van der Waals surface area contributed by atoms with Gasteiger partial charge in [-0.3, -0.25) is 9.36 Å². The van der Waals surface area contributed by atoms with Crippen LogP contribution in [0.3, 0.4) is 0 Å². The Morgan fingerprint density at radius 3 is 2.88 bits per heavy atom. The highest BCUT2D eigenvalue weighted by atomic mass is 79.9. The fourth-order valence-electron chi connectivity index (χ4n) is 2.40. The highest BCUT2D eigenvalue weighted by Crippen LogP contribution is 2.27. The normalized spacial score (nSPS) is 10.6. The zero-order valence-corrected chi connectivity index (χ0v) is 16.7. The molecule has 0 aliphatic heterocycles.